The summed E-state index contributed by atoms with van der Waals surface area (Å²) in [6, 6.07) is 51.8. The number of aromatic nitrogens is 9. The van der Waals surface area contributed by atoms with Gasteiger partial charge in [-0.15, -0.1) is 0 Å². The first-order chi connectivity index (χ1) is 28.0. The molecule has 0 amide bonds. The first kappa shape index (κ1) is 30.7. The molecule has 7 aromatic carbocycles. The Labute approximate surface area is 324 Å². The Hall–Kier alpha value is -7.65. The molecule has 9 nitrogen and oxygen atoms in total. The van der Waals surface area contributed by atoms with Crippen molar-refractivity contribution in [1.82, 2.24) is 41.9 Å². The molecule has 13 rings (SSSR count). The smallest absolute Gasteiger partial charge is 0.220 e. The van der Waals surface area contributed by atoms with Crippen molar-refractivity contribution in [2.75, 3.05) is 0 Å². The Morgan fingerprint density at radius 1 is 0.298 bits per heavy atom. The van der Waals surface area contributed by atoms with E-state index in [0.29, 0.717) is 0 Å². The van der Waals surface area contributed by atoms with Crippen LogP contribution in [-0.4, -0.2) is 41.9 Å². The summed E-state index contributed by atoms with van der Waals surface area (Å²) in [5.41, 5.74) is 19.3. The summed E-state index contributed by atoms with van der Waals surface area (Å²) >= 11 is 0. The zero-order valence-corrected chi connectivity index (χ0v) is 31.4. The van der Waals surface area contributed by atoms with Crippen LogP contribution >= 0.6 is 0 Å². The van der Waals surface area contributed by atoms with Crippen molar-refractivity contribution in [3.63, 3.8) is 0 Å². The molecule has 0 aliphatic heterocycles. The molecule has 0 atom stereocenters. The van der Waals surface area contributed by atoms with Crippen molar-refractivity contribution >= 4 is 83.5 Å². The van der Waals surface area contributed by atoms with Crippen LogP contribution in [0.25, 0.3) is 101 Å². The summed E-state index contributed by atoms with van der Waals surface area (Å²) in [6.45, 7) is 6.43. The maximum absolute atomic E-state index is 5.43. The summed E-state index contributed by atoms with van der Waals surface area (Å²) in [6.07, 6.45) is 0. The molecule has 0 N–H and O–H groups in total. The highest BCUT2D eigenvalue weighted by Crippen LogP contribution is 2.37. The lowest BCUT2D eigenvalue weighted by molar-refractivity contribution is 1.10. The molecule has 13 aromatic rings. The van der Waals surface area contributed by atoms with E-state index in [2.05, 4.69) is 193 Å². The standard InChI is InChI=1S/C48H33N9/c1-28-13-11-21-39-43(28)49-47-53(34-17-7-9-19-36(34)55(39)47)32-23-24-38-41(26-32)57-42-27-33(25-30(3)45(42)51-46(57)52(38)31-15-5-4-6-16-31)54-35-18-8-10-20-37(35)56-40-22-12-14-29(2)44(40)50-48(54)56/h4-27H,1-3H3. The summed E-state index contributed by atoms with van der Waals surface area (Å²) in [5.74, 6) is 2.64. The number of benzene rings is 7. The lowest BCUT2D eigenvalue weighted by Gasteiger charge is -2.09. The summed E-state index contributed by atoms with van der Waals surface area (Å²) in [4.78, 5) is 16.0. The minimum atomic E-state index is 0.859. The van der Waals surface area contributed by atoms with Crippen molar-refractivity contribution in [3.05, 3.63) is 162 Å². The fourth-order valence-electron chi connectivity index (χ4n) is 9.43. The van der Waals surface area contributed by atoms with E-state index in [1.54, 1.807) is 0 Å². The zero-order valence-electron chi connectivity index (χ0n) is 31.4. The molecule has 57 heavy (non-hydrogen) atoms. The third-order valence-corrected chi connectivity index (χ3v) is 12.0. The topological polar surface area (TPSA) is 66.7 Å². The van der Waals surface area contributed by atoms with Crippen LogP contribution < -0.4 is 0 Å². The van der Waals surface area contributed by atoms with E-state index < -0.39 is 0 Å². The Kier molecular flexibility index (Phi) is 5.79. The number of aryl methyl sites for hydroxylation is 3. The van der Waals surface area contributed by atoms with E-state index >= 15 is 0 Å². The SMILES string of the molecule is Cc1cccc2c1nc1n(-c3cc(C)c4nc5n(-c6ccccc6)c6ccc(-n7c8ccccc8n8c9cccc(C)c9nc78)cc6n5c4c3)c3ccccc3n21. The van der Waals surface area contributed by atoms with Gasteiger partial charge in [0.05, 0.1) is 77.6 Å². The molecule has 0 spiro atoms. The third kappa shape index (κ3) is 3.89. The Morgan fingerprint density at radius 3 is 1.33 bits per heavy atom. The van der Waals surface area contributed by atoms with Crippen LogP contribution in [0.4, 0.5) is 0 Å². The average Bonchev–Trinajstić information content (AvgIpc) is 4.06. The van der Waals surface area contributed by atoms with Gasteiger partial charge >= 0.3 is 0 Å². The Bertz CT molecular complexity index is 3840. The summed E-state index contributed by atoms with van der Waals surface area (Å²) in [5, 5.41) is 0. The van der Waals surface area contributed by atoms with E-state index in [9.17, 15) is 0 Å². The molecular weight excluding hydrogens is 703 g/mol. The lowest BCUT2D eigenvalue weighted by atomic mass is 10.1. The molecule has 6 heterocycles. The molecular formula is C48H33N9. The van der Waals surface area contributed by atoms with Crippen LogP contribution in [-0.2, 0) is 0 Å². The van der Waals surface area contributed by atoms with Gasteiger partial charge in [0.1, 0.15) is 0 Å². The van der Waals surface area contributed by atoms with Crippen LogP contribution in [0.5, 0.6) is 0 Å². The highest BCUT2D eigenvalue weighted by Gasteiger charge is 2.24. The highest BCUT2D eigenvalue weighted by molar-refractivity contribution is 5.98. The van der Waals surface area contributed by atoms with Gasteiger partial charge in [-0.1, -0.05) is 66.7 Å². The highest BCUT2D eigenvalue weighted by atomic mass is 15.2. The number of para-hydroxylation sites is 7. The number of imidazole rings is 6. The van der Waals surface area contributed by atoms with Gasteiger partial charge < -0.3 is 0 Å². The van der Waals surface area contributed by atoms with Crippen molar-refractivity contribution in [1.29, 1.82) is 0 Å². The number of nitrogens with zero attached hydrogens (tertiary/aromatic N) is 9. The second kappa shape index (κ2) is 10.8. The van der Waals surface area contributed by atoms with Crippen LogP contribution in [0, 0.1) is 20.8 Å². The molecule has 0 unspecified atom stereocenters. The molecule has 9 heteroatoms. The van der Waals surface area contributed by atoms with E-state index in [1.165, 1.54) is 0 Å². The fraction of sp³-hybridized carbons (Fsp3) is 0.0625. The van der Waals surface area contributed by atoms with Crippen molar-refractivity contribution in [3.8, 4) is 17.1 Å². The molecule has 0 aliphatic carbocycles. The summed E-state index contributed by atoms with van der Waals surface area (Å²) in [7, 11) is 0. The maximum Gasteiger partial charge on any atom is 0.220 e. The second-order valence-corrected chi connectivity index (χ2v) is 15.2. The Balaban J connectivity index is 1.15. The van der Waals surface area contributed by atoms with Crippen LogP contribution in [0.3, 0.4) is 0 Å². The van der Waals surface area contributed by atoms with Crippen molar-refractivity contribution < 1.29 is 0 Å². The van der Waals surface area contributed by atoms with Crippen LogP contribution in [0.2, 0.25) is 0 Å². The van der Waals surface area contributed by atoms with Gasteiger partial charge in [-0.2, -0.15) is 0 Å². The molecule has 0 bridgehead atoms. The van der Waals surface area contributed by atoms with E-state index in [1.807, 2.05) is 0 Å². The van der Waals surface area contributed by atoms with Gasteiger partial charge in [0.2, 0.25) is 17.3 Å². The maximum atomic E-state index is 5.43. The molecule has 0 saturated carbocycles. The van der Waals surface area contributed by atoms with Crippen LogP contribution in [0.1, 0.15) is 16.7 Å². The largest absolute Gasteiger partial charge is 0.278 e. The monoisotopic (exact) mass is 735 g/mol. The first-order valence-corrected chi connectivity index (χ1v) is 19.3. The fourth-order valence-corrected chi connectivity index (χ4v) is 9.43. The molecule has 0 saturated heterocycles. The average molecular weight is 736 g/mol. The number of rotatable bonds is 3. The predicted octanol–water partition coefficient (Wildman–Crippen LogP) is 10.8. The number of fused-ring (bicyclic) bond motifs is 15. The molecule has 0 aliphatic rings. The van der Waals surface area contributed by atoms with E-state index in [0.717, 1.165) is 117 Å². The molecule has 270 valence electrons. The zero-order chi connectivity index (χ0) is 37.7. The van der Waals surface area contributed by atoms with Gasteiger partial charge in [-0.3, -0.25) is 26.9 Å². The van der Waals surface area contributed by atoms with E-state index in [-0.39, 0.29) is 0 Å². The van der Waals surface area contributed by atoms with Gasteiger partial charge in [-0.25, -0.2) is 15.0 Å². The van der Waals surface area contributed by atoms with Gasteiger partial charge in [0.25, 0.3) is 0 Å². The number of hydrogen-bond acceptors (Lipinski definition) is 3. The normalized spacial score (nSPS) is 12.5. The second-order valence-electron chi connectivity index (χ2n) is 15.2. The van der Waals surface area contributed by atoms with Crippen molar-refractivity contribution in [2.24, 2.45) is 0 Å². The minimum Gasteiger partial charge on any atom is -0.278 e. The predicted molar refractivity (Wildman–Crippen MR) is 230 cm³/mol. The van der Waals surface area contributed by atoms with Crippen LogP contribution in [0.15, 0.2) is 146 Å². The van der Waals surface area contributed by atoms with E-state index in [4.69, 9.17) is 15.0 Å². The number of hydrogen-bond donors (Lipinski definition) is 0. The third-order valence-electron chi connectivity index (χ3n) is 12.0. The minimum absolute atomic E-state index is 0.859. The lowest BCUT2D eigenvalue weighted by Crippen LogP contribution is -1.98. The van der Waals surface area contributed by atoms with Gasteiger partial charge in [0, 0.05) is 5.69 Å². The quantitative estimate of drug-likeness (QED) is 0.181. The Morgan fingerprint density at radius 2 is 0.737 bits per heavy atom. The molecule has 6 aromatic heterocycles. The molecule has 0 radical (unpaired) electrons. The van der Waals surface area contributed by atoms with Gasteiger partial charge in [-0.05, 0) is 116 Å². The van der Waals surface area contributed by atoms with Crippen molar-refractivity contribution in [2.45, 2.75) is 20.8 Å². The molecule has 0 fully saturated rings. The summed E-state index contributed by atoms with van der Waals surface area (Å²) < 4.78 is 13.8. The first-order valence-electron chi connectivity index (χ1n) is 19.3. The van der Waals surface area contributed by atoms with Gasteiger partial charge in [0.15, 0.2) is 0 Å².